The van der Waals surface area contributed by atoms with Gasteiger partial charge in [0, 0.05) is 0 Å². The number of nitrogens with zero attached hydrogens (tertiary/aromatic N) is 2. The molecule has 1 saturated carbocycles. The maximum atomic E-state index is 12.9. The Bertz CT molecular complexity index is 586. The first-order valence-electron chi connectivity index (χ1n) is 5.59. The van der Waals surface area contributed by atoms with E-state index < -0.39 is 0 Å². The Morgan fingerprint density at radius 3 is 2.50 bits per heavy atom. The van der Waals surface area contributed by atoms with Crippen LogP contribution in [0.3, 0.4) is 0 Å². The van der Waals surface area contributed by atoms with Crippen molar-refractivity contribution >= 4 is 23.2 Å². The molecule has 2 aromatic rings. The van der Waals surface area contributed by atoms with Gasteiger partial charge in [0.1, 0.15) is 5.82 Å². The highest BCUT2D eigenvalue weighted by Crippen LogP contribution is 2.55. The first kappa shape index (κ1) is 11.9. The zero-order valence-electron chi connectivity index (χ0n) is 9.28. The fourth-order valence-corrected chi connectivity index (χ4v) is 2.63. The summed E-state index contributed by atoms with van der Waals surface area (Å²) < 4.78 is 12.9. The number of aromatic nitrogens is 2. The Morgan fingerprint density at radius 1 is 1.06 bits per heavy atom. The number of halogens is 3. The van der Waals surface area contributed by atoms with Crippen molar-refractivity contribution in [3.63, 3.8) is 0 Å². The molecule has 1 aromatic heterocycles. The summed E-state index contributed by atoms with van der Waals surface area (Å²) in [5, 5.41) is 8.24. The summed E-state index contributed by atoms with van der Waals surface area (Å²) in [4.78, 5) is 0. The molecule has 18 heavy (non-hydrogen) atoms. The molecule has 1 fully saturated rings. The maximum absolute atomic E-state index is 12.9. The Balaban J connectivity index is 1.85. The number of rotatable bonds is 2. The summed E-state index contributed by atoms with van der Waals surface area (Å²) in [6.07, 6.45) is 0.980. The monoisotopic (exact) mass is 282 g/mol. The highest BCUT2D eigenvalue weighted by atomic mass is 35.5. The number of hydrogen-bond acceptors (Lipinski definition) is 2. The van der Waals surface area contributed by atoms with Crippen molar-refractivity contribution in [1.29, 1.82) is 0 Å². The fraction of sp³-hybridized carbons (Fsp3) is 0.231. The molecular formula is C13H9Cl2FN2. The van der Waals surface area contributed by atoms with Gasteiger partial charge in [-0.1, -0.05) is 35.3 Å². The highest BCUT2D eigenvalue weighted by molar-refractivity contribution is 6.31. The minimum absolute atomic E-state index is 0.220. The van der Waals surface area contributed by atoms with Crippen molar-refractivity contribution < 1.29 is 4.39 Å². The number of hydrogen-bond donors (Lipinski definition) is 0. The maximum Gasteiger partial charge on any atom is 0.155 e. The quantitative estimate of drug-likeness (QED) is 0.825. The molecular weight excluding hydrogens is 274 g/mol. The summed E-state index contributed by atoms with van der Waals surface area (Å²) in [6, 6.07) is 8.33. The average molecular weight is 283 g/mol. The standard InChI is InChI=1S/C13H9Cl2FN2/c14-12-6-11(13(15)18-17-12)10-5-9(10)7-1-3-8(16)4-2-7/h1-4,6,9-10H,5H2. The largest absolute Gasteiger partial charge is 0.207 e. The minimum atomic E-state index is -0.220. The van der Waals surface area contributed by atoms with Gasteiger partial charge in [0.2, 0.25) is 0 Å². The van der Waals surface area contributed by atoms with Gasteiger partial charge in [-0.3, -0.25) is 0 Å². The zero-order valence-corrected chi connectivity index (χ0v) is 10.8. The minimum Gasteiger partial charge on any atom is -0.207 e. The second-order valence-electron chi connectivity index (χ2n) is 4.41. The second-order valence-corrected chi connectivity index (χ2v) is 5.16. The summed E-state index contributed by atoms with van der Waals surface area (Å²) in [7, 11) is 0. The molecule has 3 rings (SSSR count). The van der Waals surface area contributed by atoms with Crippen LogP contribution in [-0.2, 0) is 0 Å². The van der Waals surface area contributed by atoms with Crippen LogP contribution in [0.15, 0.2) is 30.3 Å². The van der Waals surface area contributed by atoms with E-state index in [1.807, 2.05) is 12.1 Å². The van der Waals surface area contributed by atoms with E-state index in [-0.39, 0.29) is 5.82 Å². The molecule has 0 bridgehead atoms. The van der Waals surface area contributed by atoms with Gasteiger partial charge in [-0.05, 0) is 47.6 Å². The molecule has 0 radical (unpaired) electrons. The lowest BCUT2D eigenvalue weighted by Gasteiger charge is -2.03. The topological polar surface area (TPSA) is 25.8 Å². The zero-order chi connectivity index (χ0) is 12.7. The van der Waals surface area contributed by atoms with Gasteiger partial charge in [-0.25, -0.2) is 4.39 Å². The van der Waals surface area contributed by atoms with E-state index in [1.54, 1.807) is 6.07 Å². The van der Waals surface area contributed by atoms with Crippen molar-refractivity contribution in [3.05, 3.63) is 57.6 Å². The molecule has 1 aliphatic rings. The van der Waals surface area contributed by atoms with Crippen LogP contribution in [0.25, 0.3) is 0 Å². The van der Waals surface area contributed by atoms with Crippen LogP contribution in [0.4, 0.5) is 4.39 Å². The molecule has 1 aromatic carbocycles. The Hall–Kier alpha value is -1.19. The number of benzene rings is 1. The van der Waals surface area contributed by atoms with Crippen molar-refractivity contribution in [3.8, 4) is 0 Å². The third-order valence-corrected chi connectivity index (χ3v) is 3.71. The predicted molar refractivity (Wildman–Crippen MR) is 68.6 cm³/mol. The molecule has 2 atom stereocenters. The summed E-state index contributed by atoms with van der Waals surface area (Å²) >= 11 is 11.8. The van der Waals surface area contributed by atoms with Gasteiger partial charge in [0.15, 0.2) is 10.3 Å². The lowest BCUT2D eigenvalue weighted by Crippen LogP contribution is -1.92. The highest BCUT2D eigenvalue weighted by Gasteiger charge is 2.41. The summed E-state index contributed by atoms with van der Waals surface area (Å²) in [6.45, 7) is 0. The van der Waals surface area contributed by atoms with Gasteiger partial charge in [-0.15, -0.1) is 10.2 Å². The van der Waals surface area contributed by atoms with Gasteiger partial charge in [-0.2, -0.15) is 0 Å². The van der Waals surface area contributed by atoms with Crippen molar-refractivity contribution in [1.82, 2.24) is 10.2 Å². The normalized spacial score (nSPS) is 21.9. The van der Waals surface area contributed by atoms with Gasteiger partial charge < -0.3 is 0 Å². The van der Waals surface area contributed by atoms with Crippen molar-refractivity contribution in [2.75, 3.05) is 0 Å². The van der Waals surface area contributed by atoms with Gasteiger partial charge in [0.25, 0.3) is 0 Å². The van der Waals surface area contributed by atoms with E-state index in [2.05, 4.69) is 10.2 Å². The van der Waals surface area contributed by atoms with E-state index >= 15 is 0 Å². The van der Waals surface area contributed by atoms with E-state index in [9.17, 15) is 4.39 Å². The molecule has 0 N–H and O–H groups in total. The van der Waals surface area contributed by atoms with Crippen LogP contribution in [-0.4, -0.2) is 10.2 Å². The van der Waals surface area contributed by atoms with Crippen LogP contribution in [0.1, 0.15) is 29.4 Å². The SMILES string of the molecule is Fc1ccc(C2CC2c2cc(Cl)nnc2Cl)cc1. The third kappa shape index (κ3) is 2.20. The predicted octanol–water partition coefficient (Wildman–Crippen LogP) is 4.19. The van der Waals surface area contributed by atoms with Gasteiger partial charge in [0.05, 0.1) is 0 Å². The smallest absolute Gasteiger partial charge is 0.155 e. The molecule has 2 nitrogen and oxygen atoms in total. The lowest BCUT2D eigenvalue weighted by molar-refractivity contribution is 0.627. The molecule has 0 aliphatic heterocycles. The Morgan fingerprint density at radius 2 is 1.78 bits per heavy atom. The lowest BCUT2D eigenvalue weighted by atomic mass is 10.1. The summed E-state index contributed by atoms with van der Waals surface area (Å²) in [5.41, 5.74) is 2.04. The molecule has 92 valence electrons. The fourth-order valence-electron chi connectivity index (χ4n) is 2.24. The molecule has 0 spiro atoms. The Kier molecular flexibility index (Phi) is 2.96. The Labute approximate surface area is 114 Å². The molecule has 5 heteroatoms. The first-order valence-corrected chi connectivity index (χ1v) is 6.35. The summed E-state index contributed by atoms with van der Waals surface area (Å²) in [5.74, 6) is 0.446. The van der Waals surface area contributed by atoms with Crippen LogP contribution in [0, 0.1) is 5.82 Å². The van der Waals surface area contributed by atoms with E-state index in [4.69, 9.17) is 23.2 Å². The molecule has 1 aliphatic carbocycles. The van der Waals surface area contributed by atoms with Crippen molar-refractivity contribution in [2.24, 2.45) is 0 Å². The second kappa shape index (κ2) is 4.48. The van der Waals surface area contributed by atoms with Crippen LogP contribution >= 0.6 is 23.2 Å². The molecule has 2 unspecified atom stereocenters. The van der Waals surface area contributed by atoms with Crippen molar-refractivity contribution in [2.45, 2.75) is 18.3 Å². The average Bonchev–Trinajstić information content (AvgIpc) is 3.13. The molecule has 0 amide bonds. The van der Waals surface area contributed by atoms with E-state index in [0.29, 0.717) is 22.1 Å². The van der Waals surface area contributed by atoms with Crippen LogP contribution < -0.4 is 0 Å². The van der Waals surface area contributed by atoms with E-state index in [1.165, 1.54) is 12.1 Å². The van der Waals surface area contributed by atoms with Gasteiger partial charge >= 0.3 is 0 Å². The first-order chi connectivity index (χ1) is 8.65. The van der Waals surface area contributed by atoms with E-state index in [0.717, 1.165) is 17.5 Å². The molecule has 0 saturated heterocycles. The van der Waals surface area contributed by atoms with Crippen LogP contribution in [0.5, 0.6) is 0 Å². The van der Waals surface area contributed by atoms with Crippen LogP contribution in [0.2, 0.25) is 10.3 Å². The molecule has 1 heterocycles. The third-order valence-electron chi connectivity index (χ3n) is 3.23.